The van der Waals surface area contributed by atoms with Crippen LogP contribution in [0.4, 0.5) is 0 Å². The molecule has 1 aliphatic rings. The van der Waals surface area contributed by atoms with Crippen molar-refractivity contribution < 1.29 is 28.9 Å². The molecule has 0 aliphatic carbocycles. The third-order valence-corrected chi connectivity index (χ3v) is 5.89. The minimum atomic E-state index is -1.25. The lowest BCUT2D eigenvalue weighted by Gasteiger charge is -2.29. The van der Waals surface area contributed by atoms with E-state index in [2.05, 4.69) is 11.9 Å². The maximum Gasteiger partial charge on any atom is 0.337 e. The summed E-state index contributed by atoms with van der Waals surface area (Å²) in [6, 6.07) is 9.40. The van der Waals surface area contributed by atoms with Gasteiger partial charge in [0, 0.05) is 5.56 Å². The van der Waals surface area contributed by atoms with Gasteiger partial charge in [-0.25, -0.2) is 9.79 Å². The number of carbonyl (C=O) groups excluding carboxylic acids is 2. The minimum absolute atomic E-state index is 0.00354. The Morgan fingerprint density at radius 2 is 1.88 bits per heavy atom. The van der Waals surface area contributed by atoms with Gasteiger partial charge in [0.05, 0.1) is 13.0 Å². The Bertz CT molecular complexity index is 778. The molecule has 0 bridgehead atoms. The van der Waals surface area contributed by atoms with Crippen LogP contribution in [0.2, 0.25) is 0 Å². The Balaban J connectivity index is 2.09. The molecule has 0 saturated carbocycles. The summed E-state index contributed by atoms with van der Waals surface area (Å²) in [5.74, 6) is -1.42. The SMILES string of the molecule is CCCCCC[C@@H](C(=O)OC)[C@@H](O)COC(=O)[C@]1(C)N=C(c2ccccc2)O[C@H]1C(C)C. The van der Waals surface area contributed by atoms with Gasteiger partial charge in [0.15, 0.2) is 5.54 Å². The first kappa shape index (κ1) is 25.8. The van der Waals surface area contributed by atoms with Crippen LogP contribution in [0, 0.1) is 11.8 Å². The van der Waals surface area contributed by atoms with Crippen LogP contribution >= 0.6 is 0 Å². The van der Waals surface area contributed by atoms with Gasteiger partial charge in [-0.05, 0) is 31.4 Å². The van der Waals surface area contributed by atoms with Crippen LogP contribution in [-0.4, -0.2) is 54.4 Å². The largest absolute Gasteiger partial charge is 0.471 e. The highest BCUT2D eigenvalue weighted by Gasteiger charge is 2.51. The number of unbranched alkanes of at least 4 members (excludes halogenated alkanes) is 3. The summed E-state index contributed by atoms with van der Waals surface area (Å²) in [5.41, 5.74) is -0.464. The standard InChI is InChI=1S/C25H37NO6/c1-6-7-8-12-15-19(23(28)30-5)20(27)16-31-24(29)25(4)21(17(2)3)32-22(26-25)18-13-10-9-11-14-18/h9-11,13-14,17,19-21,27H,6-8,12,15-16H2,1-5H3/t19-,20+,21+,25-/m1/s1. The first-order valence-electron chi connectivity index (χ1n) is 11.5. The molecule has 1 aromatic rings. The van der Waals surface area contributed by atoms with Crippen LogP contribution < -0.4 is 0 Å². The van der Waals surface area contributed by atoms with Crippen LogP contribution in [-0.2, 0) is 23.8 Å². The van der Waals surface area contributed by atoms with Gasteiger partial charge in [-0.15, -0.1) is 0 Å². The Morgan fingerprint density at radius 1 is 1.19 bits per heavy atom. The van der Waals surface area contributed by atoms with Gasteiger partial charge in [-0.1, -0.05) is 64.7 Å². The molecule has 1 N–H and O–H groups in total. The van der Waals surface area contributed by atoms with E-state index in [0.717, 1.165) is 31.2 Å². The molecule has 1 heterocycles. The van der Waals surface area contributed by atoms with E-state index in [1.807, 2.05) is 44.2 Å². The van der Waals surface area contributed by atoms with Gasteiger partial charge in [-0.2, -0.15) is 0 Å². The van der Waals surface area contributed by atoms with E-state index in [4.69, 9.17) is 14.2 Å². The van der Waals surface area contributed by atoms with Crippen LogP contribution in [0.15, 0.2) is 35.3 Å². The molecule has 1 aliphatic heterocycles. The summed E-state index contributed by atoms with van der Waals surface area (Å²) in [6.07, 6.45) is 2.74. The molecular formula is C25H37NO6. The summed E-state index contributed by atoms with van der Waals surface area (Å²) < 4.78 is 16.4. The zero-order valence-electron chi connectivity index (χ0n) is 19.9. The topological polar surface area (TPSA) is 94.4 Å². The number of nitrogens with zero attached hydrogens (tertiary/aromatic N) is 1. The number of carbonyl (C=O) groups is 2. The van der Waals surface area contributed by atoms with Crippen molar-refractivity contribution in [3.63, 3.8) is 0 Å². The molecule has 0 amide bonds. The van der Waals surface area contributed by atoms with Crippen LogP contribution in [0.25, 0.3) is 0 Å². The molecular weight excluding hydrogens is 410 g/mol. The number of hydrogen-bond donors (Lipinski definition) is 1. The van der Waals surface area contributed by atoms with Crippen LogP contribution in [0.3, 0.4) is 0 Å². The average Bonchev–Trinajstić information content (AvgIpc) is 3.16. The van der Waals surface area contributed by atoms with Crippen molar-refractivity contribution in [1.29, 1.82) is 0 Å². The highest BCUT2D eigenvalue weighted by Crippen LogP contribution is 2.34. The predicted molar refractivity (Wildman–Crippen MR) is 122 cm³/mol. The molecule has 4 atom stereocenters. The second-order valence-corrected chi connectivity index (χ2v) is 8.86. The van der Waals surface area contributed by atoms with Gasteiger partial charge in [0.1, 0.15) is 18.8 Å². The number of aliphatic hydroxyl groups is 1. The second-order valence-electron chi connectivity index (χ2n) is 8.86. The van der Waals surface area contributed by atoms with Crippen molar-refractivity contribution in [3.8, 4) is 0 Å². The fourth-order valence-corrected chi connectivity index (χ4v) is 4.03. The summed E-state index contributed by atoms with van der Waals surface area (Å²) >= 11 is 0. The molecule has 7 nitrogen and oxygen atoms in total. The van der Waals surface area contributed by atoms with Crippen molar-refractivity contribution in [2.24, 2.45) is 16.8 Å². The lowest BCUT2D eigenvalue weighted by atomic mass is 9.88. The molecule has 0 radical (unpaired) electrons. The molecule has 0 spiro atoms. The molecule has 0 aromatic heterocycles. The molecule has 32 heavy (non-hydrogen) atoms. The van der Waals surface area contributed by atoms with Gasteiger partial charge in [-0.3, -0.25) is 4.79 Å². The summed E-state index contributed by atoms with van der Waals surface area (Å²) in [5, 5.41) is 10.6. The van der Waals surface area contributed by atoms with Crippen LogP contribution in [0.5, 0.6) is 0 Å². The minimum Gasteiger partial charge on any atom is -0.471 e. The van der Waals surface area contributed by atoms with E-state index in [0.29, 0.717) is 12.3 Å². The lowest BCUT2D eigenvalue weighted by Crippen LogP contribution is -2.48. The smallest absolute Gasteiger partial charge is 0.337 e. The average molecular weight is 448 g/mol. The zero-order chi connectivity index (χ0) is 23.7. The van der Waals surface area contributed by atoms with Gasteiger partial charge >= 0.3 is 11.9 Å². The normalized spacial score (nSPS) is 22.1. The third kappa shape index (κ3) is 6.31. The van der Waals surface area contributed by atoms with E-state index in [1.165, 1.54) is 7.11 Å². The Hall–Kier alpha value is -2.41. The monoisotopic (exact) mass is 447 g/mol. The highest BCUT2D eigenvalue weighted by molar-refractivity contribution is 5.99. The zero-order valence-corrected chi connectivity index (χ0v) is 19.9. The third-order valence-electron chi connectivity index (χ3n) is 5.89. The summed E-state index contributed by atoms with van der Waals surface area (Å²) in [6.45, 7) is 7.40. The molecule has 0 saturated heterocycles. The van der Waals surface area contributed by atoms with Crippen molar-refractivity contribution in [3.05, 3.63) is 35.9 Å². The number of esters is 2. The number of benzene rings is 1. The Morgan fingerprint density at radius 3 is 2.47 bits per heavy atom. The number of rotatable bonds is 12. The Kier molecular flexibility index (Phi) is 9.69. The molecule has 0 fully saturated rings. The number of hydrogen-bond acceptors (Lipinski definition) is 7. The fraction of sp³-hybridized carbons (Fsp3) is 0.640. The quantitative estimate of drug-likeness (QED) is 0.386. The Labute approximate surface area is 191 Å². The number of ether oxygens (including phenoxy) is 3. The molecule has 178 valence electrons. The predicted octanol–water partition coefficient (Wildman–Crippen LogP) is 3.91. The maximum absolute atomic E-state index is 13.1. The van der Waals surface area contributed by atoms with E-state index in [9.17, 15) is 14.7 Å². The number of aliphatic imine (C=N–C) groups is 1. The number of aliphatic hydroxyl groups excluding tert-OH is 1. The lowest BCUT2D eigenvalue weighted by molar-refractivity contribution is -0.162. The van der Waals surface area contributed by atoms with E-state index < -0.39 is 35.6 Å². The summed E-state index contributed by atoms with van der Waals surface area (Å²) in [4.78, 5) is 29.8. The van der Waals surface area contributed by atoms with Crippen molar-refractivity contribution in [1.82, 2.24) is 0 Å². The highest BCUT2D eigenvalue weighted by atomic mass is 16.6. The second kappa shape index (κ2) is 12.0. The van der Waals surface area contributed by atoms with Crippen molar-refractivity contribution in [2.75, 3.05) is 13.7 Å². The van der Waals surface area contributed by atoms with E-state index in [1.54, 1.807) is 6.92 Å². The van der Waals surface area contributed by atoms with Crippen molar-refractivity contribution >= 4 is 17.8 Å². The maximum atomic E-state index is 13.1. The molecule has 0 unspecified atom stereocenters. The number of methoxy groups -OCH3 is 1. The van der Waals surface area contributed by atoms with E-state index >= 15 is 0 Å². The van der Waals surface area contributed by atoms with Gasteiger partial charge in [0.2, 0.25) is 5.90 Å². The van der Waals surface area contributed by atoms with Crippen molar-refractivity contribution in [2.45, 2.75) is 77.5 Å². The molecule has 1 aromatic carbocycles. The van der Waals surface area contributed by atoms with Gasteiger partial charge < -0.3 is 19.3 Å². The van der Waals surface area contributed by atoms with Gasteiger partial charge in [0.25, 0.3) is 0 Å². The van der Waals surface area contributed by atoms with Crippen LogP contribution in [0.1, 0.15) is 65.4 Å². The first-order chi connectivity index (χ1) is 15.2. The first-order valence-corrected chi connectivity index (χ1v) is 11.5. The molecule has 2 rings (SSSR count). The fourth-order valence-electron chi connectivity index (χ4n) is 4.03. The summed E-state index contributed by atoms with van der Waals surface area (Å²) in [7, 11) is 1.30. The van der Waals surface area contributed by atoms with E-state index in [-0.39, 0.29) is 12.5 Å². The molecule has 7 heteroatoms.